The predicted octanol–water partition coefficient (Wildman–Crippen LogP) is 3.95. The lowest BCUT2D eigenvalue weighted by Crippen LogP contribution is -2.43. The van der Waals surface area contributed by atoms with Gasteiger partial charge in [-0.2, -0.15) is 0 Å². The summed E-state index contributed by atoms with van der Waals surface area (Å²) in [5.41, 5.74) is 0.403. The van der Waals surface area contributed by atoms with Crippen LogP contribution in [0.15, 0.2) is 29.2 Å². The Morgan fingerprint density at radius 1 is 1.32 bits per heavy atom. The molecule has 0 aliphatic heterocycles. The lowest BCUT2D eigenvalue weighted by atomic mass is 9.87. The van der Waals surface area contributed by atoms with Gasteiger partial charge in [0.2, 0.25) is 0 Å². The van der Waals surface area contributed by atoms with E-state index in [1.807, 2.05) is 23.9 Å². The van der Waals surface area contributed by atoms with Crippen LogP contribution >= 0.6 is 11.8 Å². The van der Waals surface area contributed by atoms with Gasteiger partial charge in [0.25, 0.3) is 0 Å². The monoisotopic (exact) mass is 279 g/mol. The molecule has 0 bridgehead atoms. The van der Waals surface area contributed by atoms with Crippen LogP contribution in [-0.2, 0) is 0 Å². The van der Waals surface area contributed by atoms with Crippen LogP contribution < -0.4 is 10.1 Å². The van der Waals surface area contributed by atoms with E-state index in [4.69, 9.17) is 4.74 Å². The fraction of sp³-hybridized carbons (Fsp3) is 0.625. The van der Waals surface area contributed by atoms with Crippen molar-refractivity contribution >= 4 is 11.8 Å². The fourth-order valence-corrected chi connectivity index (χ4v) is 4.40. The van der Waals surface area contributed by atoms with Crippen molar-refractivity contribution in [3.63, 3.8) is 0 Å². The van der Waals surface area contributed by atoms with Crippen molar-refractivity contribution in [1.29, 1.82) is 0 Å². The first-order valence-electron chi connectivity index (χ1n) is 7.11. The van der Waals surface area contributed by atoms with E-state index in [2.05, 4.69) is 38.2 Å². The van der Waals surface area contributed by atoms with Crippen molar-refractivity contribution < 1.29 is 4.74 Å². The van der Waals surface area contributed by atoms with Gasteiger partial charge in [0.05, 0.1) is 7.11 Å². The summed E-state index contributed by atoms with van der Waals surface area (Å²) in [6, 6.07) is 9.02. The number of methoxy groups -OCH3 is 1. The van der Waals surface area contributed by atoms with Gasteiger partial charge in [0.15, 0.2) is 0 Å². The van der Waals surface area contributed by atoms with Gasteiger partial charge in [0.1, 0.15) is 5.75 Å². The third kappa shape index (κ3) is 3.46. The lowest BCUT2D eigenvalue weighted by Gasteiger charge is -2.31. The molecule has 1 aromatic rings. The molecule has 0 heterocycles. The van der Waals surface area contributed by atoms with Crippen LogP contribution in [0.3, 0.4) is 0 Å². The normalized spacial score (nSPS) is 25.5. The van der Waals surface area contributed by atoms with Gasteiger partial charge in [0, 0.05) is 16.2 Å². The van der Waals surface area contributed by atoms with E-state index in [0.717, 1.165) is 12.3 Å². The van der Waals surface area contributed by atoms with E-state index in [9.17, 15) is 0 Å². The van der Waals surface area contributed by atoms with Gasteiger partial charge in [-0.15, -0.1) is 11.8 Å². The highest BCUT2D eigenvalue weighted by Crippen LogP contribution is 2.45. The molecule has 0 saturated heterocycles. The number of hydrogen-bond donors (Lipinski definition) is 1. The third-order valence-electron chi connectivity index (χ3n) is 4.06. The molecule has 1 saturated carbocycles. The van der Waals surface area contributed by atoms with E-state index in [-0.39, 0.29) is 0 Å². The minimum atomic E-state index is 0.403. The van der Waals surface area contributed by atoms with Crippen LogP contribution in [0.25, 0.3) is 0 Å². The first-order chi connectivity index (χ1) is 9.06. The van der Waals surface area contributed by atoms with Crippen molar-refractivity contribution in [3.05, 3.63) is 24.3 Å². The molecule has 0 amide bonds. The molecule has 3 heteroatoms. The molecule has 2 nitrogen and oxygen atoms in total. The molecule has 0 radical (unpaired) electrons. The van der Waals surface area contributed by atoms with E-state index in [1.54, 1.807) is 7.11 Å². The summed E-state index contributed by atoms with van der Waals surface area (Å²) < 4.78 is 5.21. The topological polar surface area (TPSA) is 21.3 Å². The van der Waals surface area contributed by atoms with Gasteiger partial charge < -0.3 is 10.1 Å². The standard InChI is InChI=1S/C16H25NOS/c1-5-17-15-14(10-11-16(15,2)3)19-13-8-6-12(18-4)7-9-13/h6-9,14-15,17H,5,10-11H2,1-4H3. The molecule has 2 unspecified atom stereocenters. The largest absolute Gasteiger partial charge is 0.497 e. The number of hydrogen-bond acceptors (Lipinski definition) is 3. The Kier molecular flexibility index (Phi) is 4.80. The maximum atomic E-state index is 5.21. The highest BCUT2D eigenvalue weighted by molar-refractivity contribution is 8.00. The number of benzene rings is 1. The number of rotatable bonds is 5. The zero-order valence-corrected chi connectivity index (χ0v) is 13.2. The Balaban J connectivity index is 2.04. The molecular formula is C16H25NOS. The van der Waals surface area contributed by atoms with Crippen molar-refractivity contribution in [2.75, 3.05) is 13.7 Å². The van der Waals surface area contributed by atoms with E-state index in [1.165, 1.54) is 17.7 Å². The van der Waals surface area contributed by atoms with Crippen LogP contribution in [0.4, 0.5) is 0 Å². The minimum absolute atomic E-state index is 0.403. The highest BCUT2D eigenvalue weighted by atomic mass is 32.2. The van der Waals surface area contributed by atoms with Crippen molar-refractivity contribution in [3.8, 4) is 5.75 Å². The van der Waals surface area contributed by atoms with Gasteiger partial charge >= 0.3 is 0 Å². The van der Waals surface area contributed by atoms with Crippen LogP contribution in [0.2, 0.25) is 0 Å². The van der Waals surface area contributed by atoms with Crippen LogP contribution in [-0.4, -0.2) is 24.9 Å². The zero-order chi connectivity index (χ0) is 13.9. The average molecular weight is 279 g/mol. The molecule has 2 rings (SSSR count). The molecule has 0 spiro atoms. The number of nitrogens with one attached hydrogen (secondary N) is 1. The SMILES string of the molecule is CCNC1C(Sc2ccc(OC)cc2)CCC1(C)C. The van der Waals surface area contributed by atoms with Crippen LogP contribution in [0.1, 0.15) is 33.6 Å². The second-order valence-electron chi connectivity index (χ2n) is 5.89. The molecule has 1 aliphatic rings. The summed E-state index contributed by atoms with van der Waals surface area (Å²) in [4.78, 5) is 1.34. The Bertz CT molecular complexity index is 402. The second kappa shape index (κ2) is 6.19. The maximum absolute atomic E-state index is 5.21. The quantitative estimate of drug-likeness (QED) is 0.881. The molecule has 1 aliphatic carbocycles. The Morgan fingerprint density at radius 3 is 2.58 bits per heavy atom. The summed E-state index contributed by atoms with van der Waals surface area (Å²) in [6.07, 6.45) is 2.60. The van der Waals surface area contributed by atoms with Gasteiger partial charge in [-0.25, -0.2) is 0 Å². The van der Waals surface area contributed by atoms with Crippen molar-refractivity contribution in [2.24, 2.45) is 5.41 Å². The summed E-state index contributed by atoms with van der Waals surface area (Å²) in [7, 11) is 1.71. The van der Waals surface area contributed by atoms with Gasteiger partial charge in [-0.05, 0) is 49.1 Å². The van der Waals surface area contributed by atoms with Gasteiger partial charge in [-0.1, -0.05) is 20.8 Å². The Labute approximate surface area is 121 Å². The molecule has 1 fully saturated rings. The van der Waals surface area contributed by atoms with Crippen molar-refractivity contribution in [2.45, 2.75) is 49.8 Å². The first-order valence-corrected chi connectivity index (χ1v) is 7.99. The van der Waals surface area contributed by atoms with Crippen LogP contribution in [0, 0.1) is 5.41 Å². The third-order valence-corrected chi connectivity index (χ3v) is 5.41. The molecule has 19 heavy (non-hydrogen) atoms. The molecule has 0 aromatic heterocycles. The number of ether oxygens (including phenoxy) is 1. The predicted molar refractivity (Wildman–Crippen MR) is 83.1 cm³/mol. The highest BCUT2D eigenvalue weighted by Gasteiger charge is 2.41. The first kappa shape index (κ1) is 14.7. The fourth-order valence-electron chi connectivity index (χ4n) is 2.92. The Morgan fingerprint density at radius 2 is 2.00 bits per heavy atom. The summed E-state index contributed by atoms with van der Waals surface area (Å²) >= 11 is 2.00. The molecule has 1 N–H and O–H groups in total. The molecule has 106 valence electrons. The lowest BCUT2D eigenvalue weighted by molar-refractivity contribution is 0.290. The zero-order valence-electron chi connectivity index (χ0n) is 12.4. The second-order valence-corrected chi connectivity index (χ2v) is 7.21. The summed E-state index contributed by atoms with van der Waals surface area (Å²) in [5.74, 6) is 0.930. The van der Waals surface area contributed by atoms with Gasteiger partial charge in [-0.3, -0.25) is 0 Å². The van der Waals surface area contributed by atoms with Crippen molar-refractivity contribution in [1.82, 2.24) is 5.32 Å². The summed E-state index contributed by atoms with van der Waals surface area (Å²) in [5, 5.41) is 4.35. The minimum Gasteiger partial charge on any atom is -0.497 e. The molecule has 2 atom stereocenters. The Hall–Kier alpha value is -0.670. The van der Waals surface area contributed by atoms with E-state index < -0.39 is 0 Å². The smallest absolute Gasteiger partial charge is 0.118 e. The maximum Gasteiger partial charge on any atom is 0.118 e. The molecule has 1 aromatic carbocycles. The summed E-state index contributed by atoms with van der Waals surface area (Å²) in [6.45, 7) is 8.01. The number of thioether (sulfide) groups is 1. The van der Waals surface area contributed by atoms with Crippen LogP contribution in [0.5, 0.6) is 5.75 Å². The van der Waals surface area contributed by atoms with E-state index >= 15 is 0 Å². The molecular weight excluding hydrogens is 254 g/mol. The average Bonchev–Trinajstić information content (AvgIpc) is 2.68. The van der Waals surface area contributed by atoms with E-state index in [0.29, 0.717) is 16.7 Å².